The van der Waals surface area contributed by atoms with E-state index in [1.165, 1.54) is 0 Å². The first kappa shape index (κ1) is 12.2. The minimum Gasteiger partial charge on any atom is -0.508 e. The van der Waals surface area contributed by atoms with Crippen LogP contribution in [0.25, 0.3) is 6.08 Å². The average Bonchev–Trinajstić information content (AvgIpc) is 2.35. The highest BCUT2D eigenvalue weighted by Crippen LogP contribution is 2.58. The number of hydrogen-bond acceptors (Lipinski definition) is 2. The maximum absolute atomic E-state index is 12.0. The smallest absolute Gasteiger partial charge is 0.159 e. The van der Waals surface area contributed by atoms with Gasteiger partial charge in [0.15, 0.2) is 5.78 Å². The highest BCUT2D eigenvalue weighted by atomic mass is 16.3. The molecule has 0 spiro atoms. The molecule has 19 heavy (non-hydrogen) atoms. The minimum absolute atomic E-state index is 0.102. The number of phenols is 1. The number of aromatic hydroxyl groups is 1. The van der Waals surface area contributed by atoms with Crippen molar-refractivity contribution in [2.75, 3.05) is 0 Å². The molecule has 0 saturated heterocycles. The second-order valence-corrected chi connectivity index (χ2v) is 6.14. The summed E-state index contributed by atoms with van der Waals surface area (Å²) in [6, 6.07) is 7.13. The highest BCUT2D eigenvalue weighted by Gasteiger charge is 2.54. The Balaban J connectivity index is 1.86. The summed E-state index contributed by atoms with van der Waals surface area (Å²) in [5.74, 6) is 1.24. The van der Waals surface area contributed by atoms with E-state index in [1.807, 2.05) is 24.3 Å². The predicted molar refractivity (Wildman–Crippen MR) is 75.6 cm³/mol. The quantitative estimate of drug-likeness (QED) is 0.876. The minimum atomic E-state index is 0.102. The molecule has 2 unspecified atom stereocenters. The molecule has 2 atom stereocenters. The van der Waals surface area contributed by atoms with E-state index in [1.54, 1.807) is 18.2 Å². The van der Waals surface area contributed by atoms with Gasteiger partial charge in [-0.3, -0.25) is 4.79 Å². The molecule has 0 heterocycles. The molecule has 2 nitrogen and oxygen atoms in total. The van der Waals surface area contributed by atoms with Gasteiger partial charge in [0.1, 0.15) is 5.75 Å². The van der Waals surface area contributed by atoms with Gasteiger partial charge in [0.2, 0.25) is 0 Å². The third-order valence-electron chi connectivity index (χ3n) is 4.66. The average molecular weight is 254 g/mol. The Morgan fingerprint density at radius 3 is 2.68 bits per heavy atom. The standard InChI is InChI=1S/C17H18O2/c1-17(2)14-10-15(17)16(19)9-12(14)7-6-11-4-3-5-13(18)8-11/h3-9,14-15,18H,10H2,1-2H3. The van der Waals surface area contributed by atoms with Crippen molar-refractivity contribution in [3.05, 3.63) is 47.6 Å². The number of fused-ring (bicyclic) bond motifs is 1. The first-order valence-corrected chi connectivity index (χ1v) is 6.71. The van der Waals surface area contributed by atoms with E-state index in [-0.39, 0.29) is 22.9 Å². The Hall–Kier alpha value is -1.83. The van der Waals surface area contributed by atoms with Crippen molar-refractivity contribution < 1.29 is 9.90 Å². The lowest BCUT2D eigenvalue weighted by atomic mass is 9.48. The molecule has 0 amide bonds. The zero-order valence-corrected chi connectivity index (χ0v) is 11.3. The molecule has 1 N–H and O–H groups in total. The molecular weight excluding hydrogens is 236 g/mol. The zero-order valence-electron chi connectivity index (χ0n) is 11.3. The van der Waals surface area contributed by atoms with Gasteiger partial charge in [0.25, 0.3) is 0 Å². The van der Waals surface area contributed by atoms with Crippen LogP contribution in [0, 0.1) is 17.3 Å². The van der Waals surface area contributed by atoms with E-state index in [0.717, 1.165) is 17.6 Å². The van der Waals surface area contributed by atoms with Crippen molar-refractivity contribution in [2.24, 2.45) is 17.3 Å². The summed E-state index contributed by atoms with van der Waals surface area (Å²) in [7, 11) is 0. The number of allylic oxidation sites excluding steroid dienone is 3. The molecule has 1 fully saturated rings. The van der Waals surface area contributed by atoms with Crippen molar-refractivity contribution in [3.8, 4) is 5.75 Å². The van der Waals surface area contributed by atoms with E-state index in [4.69, 9.17) is 0 Å². The summed E-state index contributed by atoms with van der Waals surface area (Å²) in [5, 5.41) is 9.43. The molecule has 0 radical (unpaired) electrons. The van der Waals surface area contributed by atoms with Crippen molar-refractivity contribution in [1.82, 2.24) is 0 Å². The van der Waals surface area contributed by atoms with Gasteiger partial charge in [-0.1, -0.05) is 38.1 Å². The predicted octanol–water partition coefficient (Wildman–Crippen LogP) is 3.58. The van der Waals surface area contributed by atoms with Gasteiger partial charge in [0, 0.05) is 5.92 Å². The highest BCUT2D eigenvalue weighted by molar-refractivity contribution is 5.96. The van der Waals surface area contributed by atoms with Crippen LogP contribution in [0.2, 0.25) is 0 Å². The monoisotopic (exact) mass is 254 g/mol. The Labute approximate surface area is 113 Å². The number of carbonyl (C=O) groups is 1. The lowest BCUT2D eigenvalue weighted by Crippen LogP contribution is -2.52. The first-order chi connectivity index (χ1) is 8.98. The van der Waals surface area contributed by atoms with Crippen molar-refractivity contribution in [2.45, 2.75) is 20.3 Å². The summed E-state index contributed by atoms with van der Waals surface area (Å²) in [4.78, 5) is 12.0. The molecule has 0 aromatic heterocycles. The van der Waals surface area contributed by atoms with E-state index < -0.39 is 0 Å². The second kappa shape index (κ2) is 4.09. The van der Waals surface area contributed by atoms with Crippen LogP contribution < -0.4 is 0 Å². The molecule has 3 aliphatic rings. The largest absolute Gasteiger partial charge is 0.508 e. The summed E-state index contributed by atoms with van der Waals surface area (Å²) in [6.07, 6.45) is 6.77. The lowest BCUT2D eigenvalue weighted by Gasteiger charge is -2.54. The van der Waals surface area contributed by atoms with Crippen LogP contribution in [-0.4, -0.2) is 10.9 Å². The van der Waals surface area contributed by atoms with E-state index >= 15 is 0 Å². The SMILES string of the molecule is CC1(C)C2CC1C(C=Cc1cccc(O)c1)=CC2=O. The Morgan fingerprint density at radius 2 is 2.05 bits per heavy atom. The van der Waals surface area contributed by atoms with Gasteiger partial charge >= 0.3 is 0 Å². The topological polar surface area (TPSA) is 37.3 Å². The molecule has 2 bridgehead atoms. The number of ketones is 1. The fourth-order valence-electron chi connectivity index (χ4n) is 3.32. The van der Waals surface area contributed by atoms with Crippen LogP contribution in [0.3, 0.4) is 0 Å². The summed E-state index contributed by atoms with van der Waals surface area (Å²) in [6.45, 7) is 4.36. The first-order valence-electron chi connectivity index (χ1n) is 6.71. The molecule has 0 aliphatic heterocycles. The maximum atomic E-state index is 12.0. The van der Waals surface area contributed by atoms with Gasteiger partial charge in [0.05, 0.1) is 0 Å². The lowest BCUT2D eigenvalue weighted by molar-refractivity contribution is -0.133. The van der Waals surface area contributed by atoms with Crippen molar-refractivity contribution >= 4 is 11.9 Å². The van der Waals surface area contributed by atoms with Crippen molar-refractivity contribution in [1.29, 1.82) is 0 Å². The zero-order chi connectivity index (χ0) is 13.6. The molecule has 1 aromatic carbocycles. The van der Waals surface area contributed by atoms with Gasteiger partial charge < -0.3 is 5.11 Å². The molecule has 2 heteroatoms. The molecule has 1 saturated carbocycles. The molecule has 98 valence electrons. The number of phenolic OH excluding ortho intramolecular Hbond substituents is 1. The van der Waals surface area contributed by atoms with Crippen LogP contribution in [0.5, 0.6) is 5.75 Å². The molecule has 4 rings (SSSR count). The van der Waals surface area contributed by atoms with E-state index in [2.05, 4.69) is 13.8 Å². The maximum Gasteiger partial charge on any atom is 0.159 e. The van der Waals surface area contributed by atoms with E-state index in [0.29, 0.717) is 5.92 Å². The fourth-order valence-corrected chi connectivity index (χ4v) is 3.32. The summed E-state index contributed by atoms with van der Waals surface area (Å²) in [5.41, 5.74) is 2.18. The van der Waals surface area contributed by atoms with Crippen LogP contribution in [0.15, 0.2) is 42.0 Å². The third kappa shape index (κ3) is 1.92. The van der Waals surface area contributed by atoms with Crippen LogP contribution in [0.4, 0.5) is 0 Å². The third-order valence-corrected chi connectivity index (χ3v) is 4.66. The number of carbonyl (C=O) groups excluding carboxylic acids is 1. The van der Waals surface area contributed by atoms with Crippen LogP contribution in [-0.2, 0) is 4.79 Å². The Morgan fingerprint density at radius 1 is 1.26 bits per heavy atom. The van der Waals surface area contributed by atoms with Gasteiger partial charge in [-0.25, -0.2) is 0 Å². The van der Waals surface area contributed by atoms with Crippen LogP contribution >= 0.6 is 0 Å². The number of hydrogen-bond donors (Lipinski definition) is 1. The molecule has 3 aliphatic carbocycles. The summed E-state index contributed by atoms with van der Waals surface area (Å²) >= 11 is 0. The number of benzene rings is 1. The van der Waals surface area contributed by atoms with Gasteiger partial charge in [-0.05, 0) is 47.1 Å². The number of rotatable bonds is 2. The second-order valence-electron chi connectivity index (χ2n) is 6.14. The Bertz CT molecular complexity index is 593. The van der Waals surface area contributed by atoms with Crippen LogP contribution in [0.1, 0.15) is 25.8 Å². The molecular formula is C17H18O2. The van der Waals surface area contributed by atoms with E-state index in [9.17, 15) is 9.90 Å². The Kier molecular flexibility index (Phi) is 2.63. The van der Waals surface area contributed by atoms with Crippen molar-refractivity contribution in [3.63, 3.8) is 0 Å². The molecule has 1 aromatic rings. The summed E-state index contributed by atoms with van der Waals surface area (Å²) < 4.78 is 0. The normalized spacial score (nSPS) is 28.1. The van der Waals surface area contributed by atoms with Gasteiger partial charge in [-0.15, -0.1) is 0 Å². The van der Waals surface area contributed by atoms with Gasteiger partial charge in [-0.2, -0.15) is 0 Å². The fraction of sp³-hybridized carbons (Fsp3) is 0.353.